The summed E-state index contributed by atoms with van der Waals surface area (Å²) in [5.41, 5.74) is 2.98. The van der Waals surface area contributed by atoms with Crippen molar-refractivity contribution >= 4 is 5.91 Å². The molecule has 140 valence electrons. The molecule has 2 aromatic heterocycles. The molecule has 2 aromatic rings. The highest BCUT2D eigenvalue weighted by atomic mass is 16.5. The third kappa shape index (κ3) is 3.41. The lowest BCUT2D eigenvalue weighted by Crippen LogP contribution is -2.49. The standard InChI is InChI=1S/C19H27N5O2/c1-3-24-8-9-26-16(18(24)14-10-22-23(2)12-14)11-21-19(25)15-6-7-20-17(15)13-4-5-13/h6-7,10,12-13,16,18,20H,3-5,8-9,11H2,1-2H3,(H,21,25)/t16-,18-/m0/s1. The van der Waals surface area contributed by atoms with Gasteiger partial charge in [-0.25, -0.2) is 0 Å². The third-order valence-corrected chi connectivity index (χ3v) is 5.40. The molecule has 1 amide bonds. The number of aromatic amines is 1. The summed E-state index contributed by atoms with van der Waals surface area (Å²) in [4.78, 5) is 18.3. The number of nitrogens with zero attached hydrogens (tertiary/aromatic N) is 3. The van der Waals surface area contributed by atoms with Gasteiger partial charge in [0.05, 0.1) is 30.5 Å². The summed E-state index contributed by atoms with van der Waals surface area (Å²) in [7, 11) is 1.92. The van der Waals surface area contributed by atoms with Crippen LogP contribution in [0.15, 0.2) is 24.7 Å². The Bertz CT molecular complexity index is 764. The quantitative estimate of drug-likeness (QED) is 0.827. The van der Waals surface area contributed by atoms with Crippen molar-refractivity contribution in [3.05, 3.63) is 41.5 Å². The normalized spacial score (nSPS) is 23.9. The number of hydrogen-bond donors (Lipinski definition) is 2. The van der Waals surface area contributed by atoms with Crippen LogP contribution in [0.3, 0.4) is 0 Å². The van der Waals surface area contributed by atoms with E-state index in [9.17, 15) is 4.79 Å². The van der Waals surface area contributed by atoms with E-state index >= 15 is 0 Å². The van der Waals surface area contributed by atoms with E-state index in [-0.39, 0.29) is 18.1 Å². The number of hydrogen-bond acceptors (Lipinski definition) is 4. The number of carbonyl (C=O) groups excluding carboxylic acids is 1. The zero-order valence-corrected chi connectivity index (χ0v) is 15.4. The molecule has 26 heavy (non-hydrogen) atoms. The molecule has 4 rings (SSSR count). The maximum atomic E-state index is 12.7. The monoisotopic (exact) mass is 357 g/mol. The van der Waals surface area contributed by atoms with Crippen molar-refractivity contribution in [2.24, 2.45) is 7.05 Å². The van der Waals surface area contributed by atoms with Gasteiger partial charge in [0.1, 0.15) is 0 Å². The Balaban J connectivity index is 1.46. The van der Waals surface area contributed by atoms with E-state index in [0.717, 1.165) is 29.9 Å². The van der Waals surface area contributed by atoms with Crippen LogP contribution in [0, 0.1) is 0 Å². The van der Waals surface area contributed by atoms with E-state index in [1.807, 2.05) is 36.4 Å². The van der Waals surface area contributed by atoms with E-state index in [0.29, 0.717) is 19.1 Å². The predicted octanol–water partition coefficient (Wildman–Crippen LogP) is 1.82. The van der Waals surface area contributed by atoms with Crippen molar-refractivity contribution in [1.29, 1.82) is 0 Å². The summed E-state index contributed by atoms with van der Waals surface area (Å²) in [5, 5.41) is 7.40. The first-order valence-corrected chi connectivity index (χ1v) is 9.47. The summed E-state index contributed by atoms with van der Waals surface area (Å²) in [6, 6.07) is 1.98. The van der Waals surface area contributed by atoms with Crippen molar-refractivity contribution in [2.75, 3.05) is 26.2 Å². The Morgan fingerprint density at radius 2 is 2.31 bits per heavy atom. The average Bonchev–Trinajstić information content (AvgIpc) is 3.22. The van der Waals surface area contributed by atoms with Crippen LogP contribution in [0.1, 0.15) is 53.3 Å². The Morgan fingerprint density at radius 3 is 3.00 bits per heavy atom. The van der Waals surface area contributed by atoms with Crippen molar-refractivity contribution < 1.29 is 9.53 Å². The SMILES string of the molecule is CCN1CCO[C@@H](CNC(=O)c2cc[nH]c2C2CC2)[C@@H]1c1cnn(C)c1. The van der Waals surface area contributed by atoms with Crippen LogP contribution in [-0.2, 0) is 11.8 Å². The minimum absolute atomic E-state index is 0.0182. The average molecular weight is 357 g/mol. The number of amides is 1. The molecule has 1 aliphatic carbocycles. The number of morpholine rings is 1. The molecule has 2 N–H and O–H groups in total. The first-order valence-electron chi connectivity index (χ1n) is 9.47. The topological polar surface area (TPSA) is 75.2 Å². The number of rotatable bonds is 6. The van der Waals surface area contributed by atoms with Crippen LogP contribution in [0.4, 0.5) is 0 Å². The van der Waals surface area contributed by atoms with Gasteiger partial charge in [-0.2, -0.15) is 5.10 Å². The molecule has 0 aromatic carbocycles. The summed E-state index contributed by atoms with van der Waals surface area (Å²) >= 11 is 0. The minimum Gasteiger partial charge on any atom is -0.373 e. The van der Waals surface area contributed by atoms with Gasteiger partial charge in [-0.15, -0.1) is 0 Å². The van der Waals surface area contributed by atoms with Crippen LogP contribution in [-0.4, -0.2) is 57.9 Å². The zero-order chi connectivity index (χ0) is 18.1. The molecular formula is C19H27N5O2. The number of likely N-dealkylation sites (N-methyl/N-ethyl adjacent to an activating group) is 1. The Hall–Kier alpha value is -2.12. The summed E-state index contributed by atoms with van der Waals surface area (Å²) in [6.45, 7) is 5.17. The summed E-state index contributed by atoms with van der Waals surface area (Å²) < 4.78 is 7.86. The lowest BCUT2D eigenvalue weighted by atomic mass is 10.0. The second-order valence-corrected chi connectivity index (χ2v) is 7.22. The van der Waals surface area contributed by atoms with Crippen molar-refractivity contribution in [1.82, 2.24) is 25.0 Å². The van der Waals surface area contributed by atoms with E-state index < -0.39 is 0 Å². The molecule has 2 atom stereocenters. The second kappa shape index (κ2) is 7.25. The van der Waals surface area contributed by atoms with Crippen LogP contribution < -0.4 is 5.32 Å². The third-order valence-electron chi connectivity index (χ3n) is 5.40. The molecule has 1 aliphatic heterocycles. The molecule has 7 nitrogen and oxygen atoms in total. The van der Waals surface area contributed by atoms with Gasteiger partial charge in [-0.1, -0.05) is 6.92 Å². The highest BCUT2D eigenvalue weighted by Gasteiger charge is 2.34. The number of carbonyl (C=O) groups is 1. The van der Waals surface area contributed by atoms with Gasteiger partial charge < -0.3 is 15.0 Å². The fourth-order valence-corrected chi connectivity index (χ4v) is 3.91. The minimum atomic E-state index is -0.0832. The van der Waals surface area contributed by atoms with E-state index in [2.05, 4.69) is 27.2 Å². The predicted molar refractivity (Wildman–Crippen MR) is 98.0 cm³/mol. The molecule has 3 heterocycles. The maximum absolute atomic E-state index is 12.7. The Labute approximate surface area is 153 Å². The Morgan fingerprint density at radius 1 is 1.46 bits per heavy atom. The second-order valence-electron chi connectivity index (χ2n) is 7.22. The van der Waals surface area contributed by atoms with Gasteiger partial charge in [-0.05, 0) is 31.4 Å². The number of nitrogens with one attached hydrogen (secondary N) is 2. The van der Waals surface area contributed by atoms with Crippen molar-refractivity contribution in [3.63, 3.8) is 0 Å². The lowest BCUT2D eigenvalue weighted by Gasteiger charge is -2.40. The van der Waals surface area contributed by atoms with Gasteiger partial charge in [0, 0.05) is 43.8 Å². The van der Waals surface area contributed by atoms with Gasteiger partial charge >= 0.3 is 0 Å². The van der Waals surface area contributed by atoms with E-state index in [4.69, 9.17) is 4.74 Å². The van der Waals surface area contributed by atoms with Crippen LogP contribution in [0.2, 0.25) is 0 Å². The van der Waals surface area contributed by atoms with E-state index in [1.165, 1.54) is 12.8 Å². The molecule has 0 radical (unpaired) electrons. The molecule has 7 heteroatoms. The highest BCUT2D eigenvalue weighted by Crippen LogP contribution is 2.40. The molecule has 0 spiro atoms. The summed E-state index contributed by atoms with van der Waals surface area (Å²) in [5.74, 6) is 0.505. The van der Waals surface area contributed by atoms with Gasteiger partial charge in [0.2, 0.25) is 0 Å². The highest BCUT2D eigenvalue weighted by molar-refractivity contribution is 5.95. The summed E-state index contributed by atoms with van der Waals surface area (Å²) in [6.07, 6.45) is 8.04. The molecule has 1 saturated carbocycles. The molecule has 2 aliphatic rings. The smallest absolute Gasteiger partial charge is 0.253 e. The van der Waals surface area contributed by atoms with Crippen LogP contribution in [0.25, 0.3) is 0 Å². The lowest BCUT2D eigenvalue weighted by molar-refractivity contribution is -0.0685. The molecule has 0 unspecified atom stereocenters. The van der Waals surface area contributed by atoms with Crippen molar-refractivity contribution in [2.45, 2.75) is 37.8 Å². The molecule has 1 saturated heterocycles. The van der Waals surface area contributed by atoms with Crippen molar-refractivity contribution in [3.8, 4) is 0 Å². The fraction of sp³-hybridized carbons (Fsp3) is 0.579. The first-order chi connectivity index (χ1) is 12.7. The van der Waals surface area contributed by atoms with Gasteiger partial charge in [0.15, 0.2) is 0 Å². The fourth-order valence-electron chi connectivity index (χ4n) is 3.91. The largest absolute Gasteiger partial charge is 0.373 e. The maximum Gasteiger partial charge on any atom is 0.253 e. The van der Waals surface area contributed by atoms with Gasteiger partial charge in [0.25, 0.3) is 5.91 Å². The Kier molecular flexibility index (Phi) is 4.82. The molecule has 2 fully saturated rings. The number of H-pyrrole nitrogens is 1. The molecular weight excluding hydrogens is 330 g/mol. The van der Waals surface area contributed by atoms with E-state index in [1.54, 1.807) is 0 Å². The first kappa shape index (κ1) is 17.3. The zero-order valence-electron chi connectivity index (χ0n) is 15.4. The van der Waals surface area contributed by atoms with Gasteiger partial charge in [-0.3, -0.25) is 14.4 Å². The number of aryl methyl sites for hydroxylation is 1. The van der Waals surface area contributed by atoms with Crippen LogP contribution in [0.5, 0.6) is 0 Å². The number of aromatic nitrogens is 3. The number of ether oxygens (including phenoxy) is 1. The molecule has 0 bridgehead atoms. The van der Waals surface area contributed by atoms with Crippen LogP contribution >= 0.6 is 0 Å².